The van der Waals surface area contributed by atoms with Gasteiger partial charge in [0.15, 0.2) is 0 Å². The summed E-state index contributed by atoms with van der Waals surface area (Å²) < 4.78 is 7.30. The molecule has 1 spiro atoms. The molecule has 6 aliphatic rings. The zero-order valence-electron chi connectivity index (χ0n) is 63.3. The third kappa shape index (κ3) is 9.66. The molecule has 0 N–H and O–H groups in total. The number of nitrogens with zero attached hydrogens (tertiary/aromatic N) is 3. The van der Waals surface area contributed by atoms with Gasteiger partial charge in [0.05, 0.1) is 11.1 Å². The van der Waals surface area contributed by atoms with Gasteiger partial charge in [0.1, 0.15) is 11.5 Å². The first-order valence-electron chi connectivity index (χ1n) is 37.9. The first-order valence-corrected chi connectivity index (χ1v) is 37.9. The zero-order valence-corrected chi connectivity index (χ0v) is 63.3. The summed E-state index contributed by atoms with van der Waals surface area (Å²) in [5, 5.41) is 0. The number of rotatable bonds is 5. The van der Waals surface area contributed by atoms with Crippen LogP contribution >= 0.6 is 0 Å². The van der Waals surface area contributed by atoms with Gasteiger partial charge in [-0.1, -0.05) is 292 Å². The molecule has 0 amide bonds. The first-order chi connectivity index (χ1) is 50.2. The van der Waals surface area contributed by atoms with Crippen molar-refractivity contribution in [3.8, 4) is 56.0 Å². The molecule has 0 atom stereocenters. The third-order valence-electron chi connectivity index (χ3n) is 24.0. The molecule has 0 radical (unpaired) electrons. The van der Waals surface area contributed by atoms with E-state index < -0.39 is 5.41 Å². The van der Waals surface area contributed by atoms with Crippen molar-refractivity contribution in [3.05, 3.63) is 317 Å². The molecule has 512 valence electrons. The van der Waals surface area contributed by atoms with E-state index in [-0.39, 0.29) is 40.5 Å². The van der Waals surface area contributed by atoms with Gasteiger partial charge in [-0.05, 0) is 228 Å². The van der Waals surface area contributed by atoms with Crippen molar-refractivity contribution in [1.82, 2.24) is 0 Å². The molecule has 0 saturated carbocycles. The van der Waals surface area contributed by atoms with Crippen molar-refractivity contribution >= 4 is 97.4 Å². The Morgan fingerprint density at radius 1 is 0.257 bits per heavy atom. The summed E-state index contributed by atoms with van der Waals surface area (Å²) in [5.41, 5.74) is 38.0. The monoisotopic (exact) mass is 1360 g/mol. The Bertz CT molecular complexity index is 5750. The maximum atomic E-state index is 7.30. The highest BCUT2D eigenvalue weighted by Crippen LogP contribution is 2.65. The Balaban J connectivity index is 0.994. The smallest absolute Gasteiger partial charge is 0.256 e. The zero-order chi connectivity index (χ0) is 72.3. The van der Waals surface area contributed by atoms with Crippen molar-refractivity contribution in [2.45, 2.75) is 136 Å². The summed E-state index contributed by atoms with van der Waals surface area (Å²) in [4.78, 5) is 8.04. The summed E-state index contributed by atoms with van der Waals surface area (Å²) in [6, 6.07) is 104. The van der Waals surface area contributed by atoms with Crippen LogP contribution in [0.1, 0.15) is 154 Å². The van der Waals surface area contributed by atoms with E-state index in [2.05, 4.69) is 385 Å². The van der Waals surface area contributed by atoms with Crippen molar-refractivity contribution in [2.24, 2.45) is 0 Å². The largest absolute Gasteiger partial charge is 0.458 e. The Morgan fingerprint density at radius 3 is 1.37 bits per heavy atom. The minimum Gasteiger partial charge on any atom is -0.458 e. The number of fused-ring (bicyclic) bond motifs is 18. The summed E-state index contributed by atoms with van der Waals surface area (Å²) in [5.74, 6) is 1.82. The summed E-state index contributed by atoms with van der Waals surface area (Å²) in [6.45, 7) is 34.9. The van der Waals surface area contributed by atoms with Crippen LogP contribution in [0.2, 0.25) is 0 Å². The maximum absolute atomic E-state index is 7.30. The number of para-hydroxylation sites is 2. The lowest BCUT2D eigenvalue weighted by atomic mass is 9.30. The van der Waals surface area contributed by atoms with Crippen molar-refractivity contribution in [1.29, 1.82) is 0 Å². The molecule has 2 aliphatic carbocycles. The van der Waals surface area contributed by atoms with Crippen LogP contribution in [0.3, 0.4) is 0 Å². The molecule has 13 aromatic rings. The van der Waals surface area contributed by atoms with Gasteiger partial charge >= 0.3 is 0 Å². The van der Waals surface area contributed by atoms with E-state index in [0.29, 0.717) is 0 Å². The highest BCUT2D eigenvalue weighted by Gasteiger charge is 2.54. The minimum atomic E-state index is -0.617. The van der Waals surface area contributed by atoms with Crippen LogP contribution in [0, 0.1) is 0 Å². The van der Waals surface area contributed by atoms with E-state index in [1.54, 1.807) is 0 Å². The summed E-state index contributed by atoms with van der Waals surface area (Å²) >= 11 is 0. The van der Waals surface area contributed by atoms with Crippen molar-refractivity contribution in [3.63, 3.8) is 0 Å². The van der Waals surface area contributed by atoms with Crippen LogP contribution in [0.5, 0.6) is 11.5 Å². The fourth-order valence-electron chi connectivity index (χ4n) is 18.7. The molecule has 13 aromatic carbocycles. The molecule has 0 unspecified atom stereocenters. The second-order valence-electron chi connectivity index (χ2n) is 35.7. The molecule has 4 nitrogen and oxygen atoms in total. The topological polar surface area (TPSA) is 19.0 Å². The molecule has 4 heterocycles. The van der Waals surface area contributed by atoms with E-state index in [1.165, 1.54) is 133 Å². The highest BCUT2D eigenvalue weighted by atomic mass is 16.5. The van der Waals surface area contributed by atoms with Crippen LogP contribution in [0.25, 0.3) is 44.5 Å². The molecule has 0 fully saturated rings. The molecule has 19 rings (SSSR count). The Labute approximate surface area is 622 Å². The average molecular weight is 1360 g/mol. The SMILES string of the molecule is CC(C)(C)c1cccc(N2c3cc4c(cc3B3c5ccccc5Oc5cc(C(C)(C)C)cc2c53)B2c3ccccc3N(c3cc(C(C)(C)C)cc(C(C)(C)C)c3)c3cc(-c5cccc6c5C5(c7ccccc7-c7ccccc75)c5ccccc5-6)cc(c32)N4c2ccc(C(C)(C)C)cc2-c2ccccc2)c1. The Morgan fingerprint density at radius 2 is 0.733 bits per heavy atom. The highest BCUT2D eigenvalue weighted by molar-refractivity contribution is 7.02. The number of anilines is 9. The fraction of sp³-hybridized carbons (Fsp3) is 0.212. The lowest BCUT2D eigenvalue weighted by Gasteiger charge is -2.47. The maximum Gasteiger partial charge on any atom is 0.256 e. The van der Waals surface area contributed by atoms with Gasteiger partial charge in [-0.15, -0.1) is 0 Å². The van der Waals surface area contributed by atoms with Crippen LogP contribution < -0.4 is 52.2 Å². The molecule has 4 aliphatic heterocycles. The molecule has 6 heteroatoms. The van der Waals surface area contributed by atoms with E-state index in [0.717, 1.165) is 56.9 Å². The van der Waals surface area contributed by atoms with Crippen LogP contribution in [0.4, 0.5) is 51.2 Å². The number of benzene rings is 13. The van der Waals surface area contributed by atoms with Crippen LogP contribution in [-0.4, -0.2) is 13.4 Å². The van der Waals surface area contributed by atoms with Gasteiger partial charge in [0.25, 0.3) is 13.4 Å². The van der Waals surface area contributed by atoms with Gasteiger partial charge in [-0.25, -0.2) is 0 Å². The summed E-state index contributed by atoms with van der Waals surface area (Å²) in [6.07, 6.45) is 0. The number of ether oxygens (including phenoxy) is 1. The van der Waals surface area contributed by atoms with E-state index in [4.69, 9.17) is 4.74 Å². The molecule has 0 saturated heterocycles. The standard InChI is InChI=1S/C99H89B2N3O/c1-94(2,3)62-33-29-34-67(52-62)102-84-59-85-81(58-80(84)101-79-44-26-28-46-89(79)105-90-57-66(98(13,14)15)56-88(102)93(90)101)100-78-43-25-27-45-83(78)103(68-53-64(96(7,8)9)51-65(54-68)97(10,11)12)86-49-61(50-87(92(86)100)104(85)82-48-47-63(95(4,5)6)55-74(82)60-31-17-16-18-32-60)69-38-30-39-73-72-37-21-24-42-77(72)99(91(69)73)75-40-22-19-35-70(75)71-36-20-23-41-76(71)99/h16-59H,1-15H3. The molecular formula is C99H89B2N3O. The minimum absolute atomic E-state index is 0.124. The van der Waals surface area contributed by atoms with Crippen LogP contribution in [0.15, 0.2) is 267 Å². The normalized spacial score (nSPS) is 14.7. The van der Waals surface area contributed by atoms with Gasteiger partial charge in [0.2, 0.25) is 0 Å². The quantitative estimate of drug-likeness (QED) is 0.160. The van der Waals surface area contributed by atoms with Gasteiger partial charge in [-0.2, -0.15) is 0 Å². The van der Waals surface area contributed by atoms with Crippen molar-refractivity contribution in [2.75, 3.05) is 14.7 Å². The van der Waals surface area contributed by atoms with E-state index in [9.17, 15) is 0 Å². The molecular weight excluding hydrogens is 1270 g/mol. The van der Waals surface area contributed by atoms with Gasteiger partial charge < -0.3 is 19.4 Å². The van der Waals surface area contributed by atoms with E-state index >= 15 is 0 Å². The van der Waals surface area contributed by atoms with Crippen LogP contribution in [-0.2, 0) is 32.5 Å². The predicted octanol–water partition coefficient (Wildman–Crippen LogP) is 22.3. The first kappa shape index (κ1) is 65.0. The average Bonchev–Trinajstić information content (AvgIpc) is 1.58. The van der Waals surface area contributed by atoms with Crippen molar-refractivity contribution < 1.29 is 4.74 Å². The van der Waals surface area contributed by atoms with E-state index in [1.807, 2.05) is 0 Å². The predicted molar refractivity (Wildman–Crippen MR) is 447 cm³/mol. The number of hydrogen-bond donors (Lipinski definition) is 0. The lowest BCUT2D eigenvalue weighted by Crippen LogP contribution is -2.64. The molecule has 0 bridgehead atoms. The fourth-order valence-corrected chi connectivity index (χ4v) is 18.7. The Kier molecular flexibility index (Phi) is 14.0. The lowest BCUT2D eigenvalue weighted by molar-refractivity contribution is 0.483. The second-order valence-corrected chi connectivity index (χ2v) is 35.7. The number of hydrogen-bond acceptors (Lipinski definition) is 4. The molecule has 0 aromatic heterocycles. The van der Waals surface area contributed by atoms with Gasteiger partial charge in [-0.3, -0.25) is 0 Å². The molecule has 105 heavy (non-hydrogen) atoms. The Hall–Kier alpha value is -10.8. The summed E-state index contributed by atoms with van der Waals surface area (Å²) in [7, 11) is 0. The van der Waals surface area contributed by atoms with Gasteiger partial charge in [0, 0.05) is 51.1 Å². The second kappa shape index (κ2) is 22.6. The third-order valence-corrected chi connectivity index (χ3v) is 24.0.